The predicted molar refractivity (Wildman–Crippen MR) is 87.6 cm³/mol. The summed E-state index contributed by atoms with van der Waals surface area (Å²) in [5.74, 6) is -0.141. The van der Waals surface area contributed by atoms with Crippen molar-refractivity contribution in [3.8, 4) is 0 Å². The van der Waals surface area contributed by atoms with Crippen LogP contribution < -0.4 is 15.5 Å². The quantitative estimate of drug-likeness (QED) is 0.758. The van der Waals surface area contributed by atoms with Gasteiger partial charge in [-0.05, 0) is 30.7 Å². The van der Waals surface area contributed by atoms with Crippen LogP contribution in [0.25, 0.3) is 0 Å². The van der Waals surface area contributed by atoms with E-state index in [1.54, 1.807) is 35.2 Å². The molecule has 124 valence electrons. The van der Waals surface area contributed by atoms with E-state index >= 15 is 0 Å². The number of carbonyl (C=O) groups excluding carboxylic acids is 3. The maximum atomic E-state index is 12.1. The zero-order valence-electron chi connectivity index (χ0n) is 12.9. The minimum absolute atomic E-state index is 0.0997. The lowest BCUT2D eigenvalue weighted by atomic mass is 10.2. The van der Waals surface area contributed by atoms with Crippen molar-refractivity contribution >= 4 is 29.2 Å². The molecule has 0 bridgehead atoms. The molecule has 0 saturated carbocycles. The number of hydrogen-bond donors (Lipinski definition) is 3. The van der Waals surface area contributed by atoms with Gasteiger partial charge in [0.15, 0.2) is 0 Å². The van der Waals surface area contributed by atoms with Crippen molar-refractivity contribution in [3.63, 3.8) is 0 Å². The zero-order chi connectivity index (χ0) is 16.9. The van der Waals surface area contributed by atoms with E-state index in [9.17, 15) is 14.4 Å². The highest BCUT2D eigenvalue weighted by Gasteiger charge is 2.21. The molecule has 0 spiro atoms. The third-order valence-electron chi connectivity index (χ3n) is 3.70. The predicted octanol–water partition coefficient (Wildman–Crippen LogP) is 0.905. The van der Waals surface area contributed by atoms with Crippen molar-refractivity contribution < 1.29 is 14.4 Å². The average Bonchev–Trinajstić information content (AvgIpc) is 3.24. The summed E-state index contributed by atoms with van der Waals surface area (Å²) in [5.41, 5.74) is 1.21. The molecule has 3 N–H and O–H groups in total. The van der Waals surface area contributed by atoms with Crippen LogP contribution in [0.4, 0.5) is 11.5 Å². The first-order valence-corrected chi connectivity index (χ1v) is 7.61. The highest BCUT2D eigenvalue weighted by Crippen LogP contribution is 2.21. The van der Waals surface area contributed by atoms with Crippen LogP contribution in [-0.2, 0) is 9.59 Å². The molecule has 3 amide bonds. The van der Waals surface area contributed by atoms with Crippen LogP contribution in [0.2, 0.25) is 0 Å². The van der Waals surface area contributed by atoms with E-state index in [4.69, 9.17) is 0 Å². The normalized spacial score (nSPS) is 13.8. The molecule has 8 nitrogen and oxygen atoms in total. The molecule has 2 heterocycles. The topological polar surface area (TPSA) is 107 Å². The highest BCUT2D eigenvalue weighted by molar-refractivity contribution is 6.00. The molecule has 24 heavy (non-hydrogen) atoms. The fourth-order valence-electron chi connectivity index (χ4n) is 2.50. The minimum Gasteiger partial charge on any atom is -0.343 e. The number of nitrogens with one attached hydrogen (secondary N) is 3. The van der Waals surface area contributed by atoms with Gasteiger partial charge in [0.2, 0.25) is 11.8 Å². The average molecular weight is 327 g/mol. The van der Waals surface area contributed by atoms with Gasteiger partial charge in [-0.15, -0.1) is 0 Å². The maximum absolute atomic E-state index is 12.1. The Morgan fingerprint density at radius 3 is 2.62 bits per heavy atom. The lowest BCUT2D eigenvalue weighted by Crippen LogP contribution is -2.33. The summed E-state index contributed by atoms with van der Waals surface area (Å²) in [6.07, 6.45) is 2.93. The number of aromatic nitrogens is 2. The van der Waals surface area contributed by atoms with Gasteiger partial charge in [-0.2, -0.15) is 5.10 Å². The van der Waals surface area contributed by atoms with Crippen LogP contribution >= 0.6 is 0 Å². The summed E-state index contributed by atoms with van der Waals surface area (Å²) >= 11 is 0. The van der Waals surface area contributed by atoms with Gasteiger partial charge in [0.1, 0.15) is 5.82 Å². The maximum Gasteiger partial charge on any atom is 0.251 e. The van der Waals surface area contributed by atoms with Gasteiger partial charge >= 0.3 is 0 Å². The van der Waals surface area contributed by atoms with E-state index in [-0.39, 0.29) is 24.3 Å². The Kier molecular flexibility index (Phi) is 4.55. The van der Waals surface area contributed by atoms with Gasteiger partial charge in [-0.3, -0.25) is 19.5 Å². The second-order valence-electron chi connectivity index (χ2n) is 5.40. The Labute approximate surface area is 138 Å². The van der Waals surface area contributed by atoms with Crippen LogP contribution in [0.5, 0.6) is 0 Å². The van der Waals surface area contributed by atoms with E-state index in [0.29, 0.717) is 24.3 Å². The number of amides is 3. The lowest BCUT2D eigenvalue weighted by Gasteiger charge is -2.15. The number of hydrogen-bond acceptors (Lipinski definition) is 4. The van der Waals surface area contributed by atoms with Gasteiger partial charge in [-0.25, -0.2) is 0 Å². The fraction of sp³-hybridized carbons (Fsp3) is 0.250. The van der Waals surface area contributed by atoms with Crippen LogP contribution in [0.1, 0.15) is 23.2 Å². The molecule has 1 fully saturated rings. The number of carbonyl (C=O) groups is 3. The third kappa shape index (κ3) is 3.60. The van der Waals surface area contributed by atoms with Crippen molar-refractivity contribution in [2.75, 3.05) is 23.3 Å². The van der Waals surface area contributed by atoms with E-state index in [0.717, 1.165) is 12.1 Å². The molecule has 1 aliphatic heterocycles. The first-order chi connectivity index (χ1) is 11.6. The highest BCUT2D eigenvalue weighted by atomic mass is 16.2. The molecule has 1 aromatic heterocycles. The molecule has 0 radical (unpaired) electrons. The van der Waals surface area contributed by atoms with Crippen molar-refractivity contribution in [2.24, 2.45) is 0 Å². The van der Waals surface area contributed by atoms with Gasteiger partial charge in [0, 0.05) is 30.3 Å². The lowest BCUT2D eigenvalue weighted by molar-refractivity contribution is -0.117. The van der Waals surface area contributed by atoms with Gasteiger partial charge in [0.25, 0.3) is 5.91 Å². The molecular weight excluding hydrogens is 310 g/mol. The Bertz CT molecular complexity index is 740. The molecule has 1 saturated heterocycles. The SMILES string of the molecule is O=C(CNC(=O)c1ccc(N2CCCC2=O)cc1)Nc1ccn[nH]1. The monoisotopic (exact) mass is 327 g/mol. The molecule has 0 unspecified atom stereocenters. The molecule has 1 aliphatic rings. The Balaban J connectivity index is 1.53. The molecule has 0 atom stereocenters. The van der Waals surface area contributed by atoms with Gasteiger partial charge in [-0.1, -0.05) is 0 Å². The van der Waals surface area contributed by atoms with E-state index < -0.39 is 0 Å². The number of aromatic amines is 1. The minimum atomic E-state index is -0.355. The molecular formula is C16H17N5O3. The van der Waals surface area contributed by atoms with Crippen molar-refractivity contribution in [2.45, 2.75) is 12.8 Å². The summed E-state index contributed by atoms with van der Waals surface area (Å²) in [7, 11) is 0. The smallest absolute Gasteiger partial charge is 0.251 e. The number of nitrogens with zero attached hydrogens (tertiary/aromatic N) is 2. The first kappa shape index (κ1) is 15.7. The van der Waals surface area contributed by atoms with E-state index in [2.05, 4.69) is 20.8 Å². The Morgan fingerprint density at radius 2 is 2.00 bits per heavy atom. The Morgan fingerprint density at radius 1 is 1.21 bits per heavy atom. The summed E-state index contributed by atoms with van der Waals surface area (Å²) in [6.45, 7) is 0.558. The third-order valence-corrected chi connectivity index (χ3v) is 3.70. The van der Waals surface area contributed by atoms with E-state index in [1.165, 1.54) is 6.20 Å². The van der Waals surface area contributed by atoms with Crippen molar-refractivity contribution in [1.29, 1.82) is 0 Å². The summed E-state index contributed by atoms with van der Waals surface area (Å²) in [6, 6.07) is 8.37. The van der Waals surface area contributed by atoms with E-state index in [1.807, 2.05) is 0 Å². The Hall–Kier alpha value is -3.16. The standard InChI is InChI=1S/C16H17N5O3/c22-14(19-13-7-8-18-20-13)10-17-16(24)11-3-5-12(6-4-11)21-9-1-2-15(21)23/h3-8H,1-2,9-10H2,(H,17,24)(H2,18,19,20,22). The van der Waals surface area contributed by atoms with Crippen molar-refractivity contribution in [1.82, 2.24) is 15.5 Å². The molecule has 8 heteroatoms. The summed E-state index contributed by atoms with van der Waals surface area (Å²) in [4.78, 5) is 37.2. The summed E-state index contributed by atoms with van der Waals surface area (Å²) in [5, 5.41) is 11.4. The molecule has 2 aromatic rings. The largest absolute Gasteiger partial charge is 0.343 e. The van der Waals surface area contributed by atoms with Crippen LogP contribution in [0.15, 0.2) is 36.5 Å². The summed E-state index contributed by atoms with van der Waals surface area (Å²) < 4.78 is 0. The fourth-order valence-corrected chi connectivity index (χ4v) is 2.50. The van der Waals surface area contributed by atoms with Crippen molar-refractivity contribution in [3.05, 3.63) is 42.1 Å². The van der Waals surface area contributed by atoms with Crippen LogP contribution in [0.3, 0.4) is 0 Å². The molecule has 1 aromatic carbocycles. The van der Waals surface area contributed by atoms with Crippen LogP contribution in [-0.4, -0.2) is 41.0 Å². The first-order valence-electron chi connectivity index (χ1n) is 7.61. The second-order valence-corrected chi connectivity index (χ2v) is 5.40. The number of anilines is 2. The number of rotatable bonds is 5. The number of H-pyrrole nitrogens is 1. The zero-order valence-corrected chi connectivity index (χ0v) is 12.9. The molecule has 0 aliphatic carbocycles. The van der Waals surface area contributed by atoms with Crippen LogP contribution in [0, 0.1) is 0 Å². The van der Waals surface area contributed by atoms with Gasteiger partial charge in [0.05, 0.1) is 12.7 Å². The van der Waals surface area contributed by atoms with Gasteiger partial charge < -0.3 is 15.5 Å². The number of benzene rings is 1. The second kappa shape index (κ2) is 6.95. The molecule has 3 rings (SSSR count).